The number of nitrogens with one attached hydrogen (secondary N) is 1. The molecular weight excluding hydrogens is 432 g/mol. The number of thioether (sulfide) groups is 1. The Morgan fingerprint density at radius 2 is 1.97 bits per heavy atom. The highest BCUT2D eigenvalue weighted by Crippen LogP contribution is 2.68. The van der Waals surface area contributed by atoms with Gasteiger partial charge in [0.05, 0.1) is 16.9 Å². The number of thiophene rings is 1. The quantitative estimate of drug-likeness (QED) is 0.696. The van der Waals surface area contributed by atoms with Crippen LogP contribution >= 0.6 is 34.4 Å². The number of nitrogens with zero attached hydrogens (tertiary/aromatic N) is 1. The number of fused-ring (bicyclic) bond motifs is 9. The summed E-state index contributed by atoms with van der Waals surface area (Å²) in [6.07, 6.45) is 0.817. The van der Waals surface area contributed by atoms with Crippen LogP contribution in [0, 0.1) is 29.6 Å². The van der Waals surface area contributed by atoms with E-state index in [1.54, 1.807) is 23.1 Å². The van der Waals surface area contributed by atoms with E-state index in [2.05, 4.69) is 11.1 Å². The highest BCUT2D eigenvalue weighted by atomic mass is 32.2. The van der Waals surface area contributed by atoms with Gasteiger partial charge >= 0.3 is 10.8 Å². The lowest BCUT2D eigenvalue weighted by molar-refractivity contribution is -0.149. The van der Waals surface area contributed by atoms with Crippen LogP contribution in [0.3, 0.4) is 0 Å². The Morgan fingerprint density at radius 1 is 1.21 bits per heavy atom. The van der Waals surface area contributed by atoms with Gasteiger partial charge in [-0.1, -0.05) is 17.4 Å². The molecule has 2 aliphatic heterocycles. The predicted octanol–water partition coefficient (Wildman–Crippen LogP) is 2.06. The minimum Gasteiger partial charge on any atom is -0.480 e. The first-order valence-corrected chi connectivity index (χ1v) is 12.0. The van der Waals surface area contributed by atoms with E-state index in [1.165, 1.54) is 16.2 Å². The van der Waals surface area contributed by atoms with E-state index < -0.39 is 24.3 Å². The van der Waals surface area contributed by atoms with Crippen LogP contribution in [0.25, 0.3) is 0 Å². The summed E-state index contributed by atoms with van der Waals surface area (Å²) in [5, 5.41) is 12.2. The zero-order chi connectivity index (χ0) is 20.0. The van der Waals surface area contributed by atoms with E-state index in [0.717, 1.165) is 21.2 Å². The third-order valence-electron chi connectivity index (χ3n) is 6.96. The molecule has 0 radical (unpaired) electrons. The molecule has 2 aromatic heterocycles. The highest BCUT2D eigenvalue weighted by molar-refractivity contribution is 8.00. The summed E-state index contributed by atoms with van der Waals surface area (Å²) in [6.45, 7) is -0.554. The summed E-state index contributed by atoms with van der Waals surface area (Å²) >= 11 is 4.54. The van der Waals surface area contributed by atoms with Gasteiger partial charge in [0.25, 0.3) is 0 Å². The Labute approximate surface area is 177 Å². The molecule has 4 aliphatic rings. The predicted molar refractivity (Wildman–Crippen MR) is 107 cm³/mol. The molecule has 6 rings (SSSR count). The Kier molecular flexibility index (Phi) is 3.74. The van der Waals surface area contributed by atoms with Crippen LogP contribution in [0.5, 0.6) is 0 Å². The summed E-state index contributed by atoms with van der Waals surface area (Å²) < 4.78 is 0. The van der Waals surface area contributed by atoms with Crippen LogP contribution in [-0.2, 0) is 14.4 Å². The molecule has 2 saturated carbocycles. The fourth-order valence-electron chi connectivity index (χ4n) is 6.16. The molecule has 4 heterocycles. The molecule has 0 spiro atoms. The van der Waals surface area contributed by atoms with Crippen LogP contribution < -0.4 is 4.87 Å². The second kappa shape index (κ2) is 6.05. The second-order valence-electron chi connectivity index (χ2n) is 8.13. The largest absolute Gasteiger partial charge is 0.480 e. The van der Waals surface area contributed by atoms with Gasteiger partial charge in [-0.2, -0.15) is 0 Å². The van der Waals surface area contributed by atoms with Crippen molar-refractivity contribution in [2.45, 2.75) is 22.6 Å². The first-order valence-electron chi connectivity index (χ1n) is 9.45. The molecule has 2 amide bonds. The maximum atomic E-state index is 13.0. The number of carboxylic acids is 1. The lowest BCUT2D eigenvalue weighted by Gasteiger charge is -2.42. The number of carbonyl (C=O) groups is 3. The topological polar surface area (TPSA) is 108 Å². The number of rotatable bonds is 3. The van der Waals surface area contributed by atoms with Gasteiger partial charge < -0.3 is 10.1 Å². The number of aliphatic carboxylic acids is 1. The summed E-state index contributed by atoms with van der Waals surface area (Å²) in [5.74, 6) is -2.36. The van der Waals surface area contributed by atoms with Crippen molar-refractivity contribution in [1.82, 2.24) is 9.88 Å². The molecule has 2 aromatic rings. The van der Waals surface area contributed by atoms with Gasteiger partial charge in [0.2, 0.25) is 11.8 Å². The maximum Gasteiger partial charge on any atom is 0.323 e. The molecule has 0 aromatic carbocycles. The number of H-pyrrole nitrogens is 1. The number of aromatic amines is 1. The number of thiazole rings is 1. The summed E-state index contributed by atoms with van der Waals surface area (Å²) in [6, 6.07) is 4.08. The molecule has 150 valence electrons. The van der Waals surface area contributed by atoms with Crippen molar-refractivity contribution in [2.75, 3.05) is 6.54 Å². The second-order valence-corrected chi connectivity index (χ2v) is 11.3. The zero-order valence-corrected chi connectivity index (χ0v) is 17.4. The average molecular weight is 449 g/mol. The van der Waals surface area contributed by atoms with Gasteiger partial charge in [-0.3, -0.25) is 24.1 Å². The molecule has 2 N–H and O–H groups in total. The molecule has 2 bridgehead atoms. The van der Waals surface area contributed by atoms with Crippen LogP contribution in [-0.4, -0.2) is 44.6 Å². The normalized spacial score (nSPS) is 37.0. The van der Waals surface area contributed by atoms with Crippen molar-refractivity contribution in [1.29, 1.82) is 0 Å². The molecule has 10 heteroatoms. The third-order valence-corrected chi connectivity index (χ3v) is 10.5. The summed E-state index contributed by atoms with van der Waals surface area (Å²) in [7, 11) is 0. The third kappa shape index (κ3) is 2.30. The number of carboxylic acid groups (broad SMARTS) is 1. The number of likely N-dealkylation sites (tertiary alicyclic amines) is 1. The van der Waals surface area contributed by atoms with Gasteiger partial charge in [0, 0.05) is 20.9 Å². The fourth-order valence-corrected chi connectivity index (χ4v) is 10.0. The first kappa shape index (κ1) is 17.9. The maximum absolute atomic E-state index is 13.0. The minimum absolute atomic E-state index is 0.0364. The van der Waals surface area contributed by atoms with Gasteiger partial charge in [-0.15, -0.1) is 23.1 Å². The van der Waals surface area contributed by atoms with Crippen molar-refractivity contribution < 1.29 is 19.5 Å². The van der Waals surface area contributed by atoms with Gasteiger partial charge in [0.15, 0.2) is 0 Å². The molecule has 29 heavy (non-hydrogen) atoms. The molecular formula is C19H16N2O5S3. The van der Waals surface area contributed by atoms with Crippen molar-refractivity contribution in [3.63, 3.8) is 0 Å². The number of hydrogen-bond donors (Lipinski definition) is 2. The standard InChI is InChI=1S/C19H16N2O5S3/c22-9(23)5-21-17(24)11-6-4-7(12(11)18(21)25)14-10(6)13(8-2-1-3-27-8)15-16(28-14)20-19(26)29-15/h1-3,6-7,10-14H,4-5H2,(H,20,26)(H,22,23)/t6-,7+,10+,11+,12+,13-,14-/m0/s1. The molecule has 0 unspecified atom stereocenters. The van der Waals surface area contributed by atoms with E-state index in [1.807, 2.05) is 11.4 Å². The number of amides is 2. The molecule has 7 nitrogen and oxygen atoms in total. The Hall–Kier alpha value is -1.91. The number of aromatic nitrogens is 1. The monoisotopic (exact) mass is 448 g/mol. The van der Waals surface area contributed by atoms with E-state index in [4.69, 9.17) is 5.11 Å². The Balaban J connectivity index is 1.45. The smallest absolute Gasteiger partial charge is 0.323 e. The number of imide groups is 1. The molecule has 1 saturated heterocycles. The van der Waals surface area contributed by atoms with Crippen molar-refractivity contribution in [2.24, 2.45) is 29.6 Å². The lowest BCUT2D eigenvalue weighted by Crippen LogP contribution is -2.42. The Bertz CT molecular complexity index is 1110. The number of carbonyl (C=O) groups excluding carboxylic acids is 2. The van der Waals surface area contributed by atoms with E-state index in [9.17, 15) is 19.2 Å². The van der Waals surface area contributed by atoms with E-state index >= 15 is 0 Å². The summed E-state index contributed by atoms with van der Waals surface area (Å²) in [5.41, 5.74) is 0. The Morgan fingerprint density at radius 3 is 2.66 bits per heavy atom. The number of hydrogen-bond acceptors (Lipinski definition) is 7. The van der Waals surface area contributed by atoms with Gasteiger partial charge in [-0.05, 0) is 35.6 Å². The van der Waals surface area contributed by atoms with Crippen molar-refractivity contribution >= 4 is 52.2 Å². The van der Waals surface area contributed by atoms with Gasteiger partial charge in [0.1, 0.15) is 6.54 Å². The van der Waals surface area contributed by atoms with Crippen LogP contribution in [0.15, 0.2) is 27.3 Å². The molecule has 7 atom stereocenters. The first-order chi connectivity index (χ1) is 14.0. The average Bonchev–Trinajstić information content (AvgIpc) is 3.45. The minimum atomic E-state index is -1.16. The van der Waals surface area contributed by atoms with E-state index in [-0.39, 0.29) is 45.6 Å². The fraction of sp³-hybridized carbons (Fsp3) is 0.474. The highest BCUT2D eigenvalue weighted by Gasteiger charge is 2.69. The molecule has 2 aliphatic carbocycles. The van der Waals surface area contributed by atoms with Crippen molar-refractivity contribution in [3.8, 4) is 0 Å². The van der Waals surface area contributed by atoms with Crippen molar-refractivity contribution in [3.05, 3.63) is 36.9 Å². The van der Waals surface area contributed by atoms with Crippen LogP contribution in [0.2, 0.25) is 0 Å². The SMILES string of the molecule is O=C(O)CN1C(=O)[C@@H]2[C@H]3C[C@@H]([C@@H]4Sc5[nH]c(=O)sc5[C@@H](c5cccs5)[C@@H]34)[C@H]2C1=O. The lowest BCUT2D eigenvalue weighted by atomic mass is 9.69. The van der Waals surface area contributed by atoms with E-state index in [0.29, 0.717) is 0 Å². The van der Waals surface area contributed by atoms with Gasteiger partial charge in [-0.25, -0.2) is 0 Å². The molecule has 3 fully saturated rings. The summed E-state index contributed by atoms with van der Waals surface area (Å²) in [4.78, 5) is 55.3. The van der Waals surface area contributed by atoms with Crippen LogP contribution in [0.1, 0.15) is 22.1 Å². The zero-order valence-electron chi connectivity index (χ0n) is 14.9. The van der Waals surface area contributed by atoms with Crippen LogP contribution in [0.4, 0.5) is 0 Å².